The zero-order valence-corrected chi connectivity index (χ0v) is 11.8. The Labute approximate surface area is 123 Å². The Balaban J connectivity index is 1.62. The molecular formula is C12H11N5O3S. The van der Waals surface area contributed by atoms with Crippen LogP contribution >= 0.6 is 11.3 Å². The molecule has 0 aliphatic heterocycles. The van der Waals surface area contributed by atoms with Gasteiger partial charge in [0.2, 0.25) is 11.9 Å². The predicted octanol–water partition coefficient (Wildman–Crippen LogP) is 1.71. The first kappa shape index (κ1) is 13.3. The first-order valence-corrected chi connectivity index (χ1v) is 6.86. The molecule has 0 saturated heterocycles. The molecule has 0 bridgehead atoms. The van der Waals surface area contributed by atoms with Crippen molar-refractivity contribution in [1.82, 2.24) is 20.2 Å². The van der Waals surface area contributed by atoms with Crippen LogP contribution in [0, 0.1) is 0 Å². The lowest BCUT2D eigenvalue weighted by Gasteiger charge is -1.98. The van der Waals surface area contributed by atoms with Gasteiger partial charge >= 0.3 is 6.01 Å². The van der Waals surface area contributed by atoms with Crippen molar-refractivity contribution in [1.29, 1.82) is 0 Å². The van der Waals surface area contributed by atoms with E-state index in [0.717, 1.165) is 10.6 Å². The van der Waals surface area contributed by atoms with Crippen LogP contribution in [0.3, 0.4) is 0 Å². The van der Waals surface area contributed by atoms with Gasteiger partial charge in [0.1, 0.15) is 11.3 Å². The summed E-state index contributed by atoms with van der Waals surface area (Å²) in [4.78, 5) is 20.2. The van der Waals surface area contributed by atoms with Crippen molar-refractivity contribution in [3.63, 3.8) is 0 Å². The van der Waals surface area contributed by atoms with E-state index in [0.29, 0.717) is 5.69 Å². The number of carbonyl (C=O) groups excluding carboxylic acids is 1. The van der Waals surface area contributed by atoms with Crippen LogP contribution in [0.5, 0.6) is 6.01 Å². The van der Waals surface area contributed by atoms with Gasteiger partial charge in [-0.2, -0.15) is 4.98 Å². The second kappa shape index (κ2) is 5.75. The molecule has 3 rings (SSSR count). The predicted molar refractivity (Wildman–Crippen MR) is 75.1 cm³/mol. The van der Waals surface area contributed by atoms with E-state index < -0.39 is 0 Å². The van der Waals surface area contributed by atoms with Gasteiger partial charge in [-0.05, 0) is 6.07 Å². The maximum atomic E-state index is 11.9. The number of rotatable bonds is 5. The molecule has 0 fully saturated rings. The third kappa shape index (κ3) is 3.08. The summed E-state index contributed by atoms with van der Waals surface area (Å²) in [5, 5.41) is 11.5. The quantitative estimate of drug-likeness (QED) is 0.743. The molecule has 0 saturated carbocycles. The SMILES string of the molecule is COc1n[nH]c(NC(=O)Cc2csc(-c3ccoc3)n2)n1. The maximum absolute atomic E-state index is 11.9. The smallest absolute Gasteiger partial charge is 0.336 e. The third-order valence-electron chi connectivity index (χ3n) is 2.57. The van der Waals surface area contributed by atoms with Gasteiger partial charge in [0, 0.05) is 10.9 Å². The number of anilines is 1. The van der Waals surface area contributed by atoms with Crippen molar-refractivity contribution in [2.24, 2.45) is 0 Å². The van der Waals surface area contributed by atoms with Crippen LogP contribution in [0.2, 0.25) is 0 Å². The number of methoxy groups -OCH3 is 1. The molecule has 3 heterocycles. The molecule has 0 aromatic carbocycles. The van der Waals surface area contributed by atoms with E-state index in [1.165, 1.54) is 18.4 Å². The van der Waals surface area contributed by atoms with Crippen molar-refractivity contribution in [3.05, 3.63) is 29.7 Å². The molecule has 8 nitrogen and oxygen atoms in total. The van der Waals surface area contributed by atoms with Crippen molar-refractivity contribution >= 4 is 23.2 Å². The molecule has 0 radical (unpaired) electrons. The first-order valence-electron chi connectivity index (χ1n) is 5.98. The number of ether oxygens (including phenoxy) is 1. The Morgan fingerprint density at radius 1 is 1.52 bits per heavy atom. The van der Waals surface area contributed by atoms with Gasteiger partial charge in [-0.15, -0.1) is 16.4 Å². The van der Waals surface area contributed by atoms with Crippen molar-refractivity contribution in [2.45, 2.75) is 6.42 Å². The number of amides is 1. The minimum absolute atomic E-state index is 0.150. The summed E-state index contributed by atoms with van der Waals surface area (Å²) >= 11 is 1.46. The lowest BCUT2D eigenvalue weighted by Crippen LogP contribution is -2.15. The number of nitrogens with zero attached hydrogens (tertiary/aromatic N) is 3. The summed E-state index contributed by atoms with van der Waals surface area (Å²) in [5.74, 6) is -0.0000145. The highest BCUT2D eigenvalue weighted by Crippen LogP contribution is 2.24. The minimum Gasteiger partial charge on any atom is -0.472 e. The largest absolute Gasteiger partial charge is 0.472 e. The van der Waals surface area contributed by atoms with Crippen molar-refractivity contribution in [3.8, 4) is 16.6 Å². The van der Waals surface area contributed by atoms with E-state index in [4.69, 9.17) is 9.15 Å². The fourth-order valence-corrected chi connectivity index (χ4v) is 2.45. The molecule has 0 aliphatic rings. The monoisotopic (exact) mass is 305 g/mol. The number of aromatic nitrogens is 4. The van der Waals surface area contributed by atoms with Gasteiger partial charge in [-0.25, -0.2) is 10.1 Å². The number of hydrogen-bond acceptors (Lipinski definition) is 7. The van der Waals surface area contributed by atoms with Gasteiger partial charge in [0.05, 0.1) is 25.5 Å². The summed E-state index contributed by atoms with van der Waals surface area (Å²) in [6.07, 6.45) is 3.35. The summed E-state index contributed by atoms with van der Waals surface area (Å²) < 4.78 is 9.82. The molecule has 3 aromatic heterocycles. The molecular weight excluding hydrogens is 294 g/mol. The van der Waals surface area contributed by atoms with Gasteiger partial charge in [-0.3, -0.25) is 10.1 Å². The lowest BCUT2D eigenvalue weighted by molar-refractivity contribution is -0.115. The van der Waals surface area contributed by atoms with E-state index in [-0.39, 0.29) is 24.3 Å². The molecule has 0 unspecified atom stereocenters. The molecule has 3 aromatic rings. The normalized spacial score (nSPS) is 10.5. The summed E-state index contributed by atoms with van der Waals surface area (Å²) in [5.41, 5.74) is 1.58. The summed E-state index contributed by atoms with van der Waals surface area (Å²) in [6, 6.07) is 1.99. The summed E-state index contributed by atoms with van der Waals surface area (Å²) in [6.45, 7) is 0. The number of H-pyrrole nitrogens is 1. The van der Waals surface area contributed by atoms with Gasteiger partial charge in [0.15, 0.2) is 0 Å². The zero-order chi connectivity index (χ0) is 14.7. The zero-order valence-electron chi connectivity index (χ0n) is 11.0. The lowest BCUT2D eigenvalue weighted by atomic mass is 10.3. The highest BCUT2D eigenvalue weighted by atomic mass is 32.1. The first-order chi connectivity index (χ1) is 10.2. The van der Waals surface area contributed by atoms with E-state index >= 15 is 0 Å². The van der Waals surface area contributed by atoms with Crippen molar-refractivity contribution < 1.29 is 13.9 Å². The highest BCUT2D eigenvalue weighted by Gasteiger charge is 2.12. The van der Waals surface area contributed by atoms with Crippen LogP contribution < -0.4 is 10.1 Å². The Morgan fingerprint density at radius 3 is 3.14 bits per heavy atom. The third-order valence-corrected chi connectivity index (χ3v) is 3.51. The van der Waals surface area contributed by atoms with Crippen LogP contribution in [-0.2, 0) is 11.2 Å². The van der Waals surface area contributed by atoms with Crippen LogP contribution in [0.25, 0.3) is 10.6 Å². The number of thiazole rings is 1. The number of nitrogens with one attached hydrogen (secondary N) is 2. The van der Waals surface area contributed by atoms with Gasteiger partial charge in [-0.1, -0.05) is 0 Å². The fourth-order valence-electron chi connectivity index (χ4n) is 1.64. The maximum Gasteiger partial charge on any atom is 0.336 e. The molecule has 0 atom stereocenters. The highest BCUT2D eigenvalue weighted by molar-refractivity contribution is 7.13. The summed E-state index contributed by atoms with van der Waals surface area (Å²) in [7, 11) is 1.45. The average Bonchev–Trinajstić information content (AvgIpc) is 3.19. The Bertz CT molecular complexity index is 734. The number of hydrogen-bond donors (Lipinski definition) is 2. The van der Waals surface area contributed by atoms with Crippen LogP contribution in [0.15, 0.2) is 28.4 Å². The number of furan rings is 1. The van der Waals surface area contributed by atoms with Gasteiger partial charge < -0.3 is 9.15 Å². The molecule has 108 valence electrons. The van der Waals surface area contributed by atoms with Gasteiger partial charge in [0.25, 0.3) is 0 Å². The Hall–Kier alpha value is -2.68. The Morgan fingerprint density at radius 2 is 2.43 bits per heavy atom. The fraction of sp³-hybridized carbons (Fsp3) is 0.167. The Kier molecular flexibility index (Phi) is 3.65. The van der Waals surface area contributed by atoms with E-state index in [1.807, 2.05) is 11.4 Å². The molecule has 0 spiro atoms. The van der Waals surface area contributed by atoms with Crippen LogP contribution in [-0.4, -0.2) is 33.2 Å². The molecule has 9 heteroatoms. The second-order valence-corrected chi connectivity index (χ2v) is 4.91. The molecule has 21 heavy (non-hydrogen) atoms. The van der Waals surface area contributed by atoms with Crippen molar-refractivity contribution in [2.75, 3.05) is 12.4 Å². The van der Waals surface area contributed by atoms with E-state index in [1.54, 1.807) is 12.5 Å². The molecule has 0 aliphatic carbocycles. The standard InChI is InChI=1S/C12H11N5O3S/c1-19-12-15-11(16-17-12)14-9(18)4-8-6-21-10(13-8)7-2-3-20-5-7/h2-3,5-6H,4H2,1H3,(H2,14,15,16,17,18). The van der Waals surface area contributed by atoms with Crippen LogP contribution in [0.1, 0.15) is 5.69 Å². The number of carbonyl (C=O) groups is 1. The van der Waals surface area contributed by atoms with Crippen LogP contribution in [0.4, 0.5) is 5.95 Å². The van der Waals surface area contributed by atoms with E-state index in [2.05, 4.69) is 25.5 Å². The molecule has 1 amide bonds. The molecule has 2 N–H and O–H groups in total. The number of aromatic amines is 1. The minimum atomic E-state index is -0.238. The topological polar surface area (TPSA) is 106 Å². The van der Waals surface area contributed by atoms with E-state index in [9.17, 15) is 4.79 Å². The second-order valence-electron chi connectivity index (χ2n) is 4.05. The average molecular weight is 305 g/mol.